The normalized spacial score (nSPS) is 12.4. The molecule has 24 heavy (non-hydrogen) atoms. The van der Waals surface area contributed by atoms with Crippen LogP contribution in [0.4, 0.5) is 0 Å². The van der Waals surface area contributed by atoms with Crippen LogP contribution in [0.5, 0.6) is 0 Å². The van der Waals surface area contributed by atoms with Crippen LogP contribution >= 0.6 is 11.3 Å². The van der Waals surface area contributed by atoms with Gasteiger partial charge in [-0.15, -0.1) is 11.3 Å². The van der Waals surface area contributed by atoms with Crippen molar-refractivity contribution in [2.24, 2.45) is 5.92 Å². The van der Waals surface area contributed by atoms with Crippen molar-refractivity contribution in [1.82, 2.24) is 14.8 Å². The molecule has 1 atom stereocenters. The minimum atomic E-state index is -0.0830. The first kappa shape index (κ1) is 18.6. The largest absolute Gasteiger partial charge is 0.396 e. The van der Waals surface area contributed by atoms with E-state index in [1.165, 1.54) is 11.3 Å². The molecule has 0 radical (unpaired) electrons. The maximum absolute atomic E-state index is 12.9. The lowest BCUT2D eigenvalue weighted by Crippen LogP contribution is -2.35. The van der Waals surface area contributed by atoms with E-state index in [1.54, 1.807) is 4.90 Å². The Bertz CT molecular complexity index is 643. The molecule has 1 heterocycles. The summed E-state index contributed by atoms with van der Waals surface area (Å²) < 4.78 is 0. The van der Waals surface area contributed by atoms with Crippen molar-refractivity contribution in [3.05, 3.63) is 52.0 Å². The molecular weight excluding hydrogens is 322 g/mol. The van der Waals surface area contributed by atoms with Crippen molar-refractivity contribution in [2.75, 3.05) is 27.2 Å². The SMILES string of the molecule is C[C@@H](CO)CN(Cc1ccccc1)C(=O)c1csc(CN(C)C)n1. The van der Waals surface area contributed by atoms with Crippen LogP contribution in [-0.4, -0.2) is 53.0 Å². The molecule has 130 valence electrons. The molecule has 5 nitrogen and oxygen atoms in total. The number of carbonyl (C=O) groups excluding carboxylic acids is 1. The number of nitrogens with zero attached hydrogens (tertiary/aromatic N) is 3. The number of aliphatic hydroxyl groups is 1. The standard InChI is InChI=1S/C18H25N3O2S/c1-14(12-22)9-21(10-15-7-5-4-6-8-15)18(23)16-13-24-17(19-16)11-20(2)3/h4-8,13-14,22H,9-12H2,1-3H3/t14-/m1/s1. The van der Waals surface area contributed by atoms with Crippen LogP contribution in [0.25, 0.3) is 0 Å². The number of thiazole rings is 1. The third kappa shape index (κ3) is 5.40. The van der Waals surface area contributed by atoms with Gasteiger partial charge in [-0.3, -0.25) is 4.79 Å². The van der Waals surface area contributed by atoms with Gasteiger partial charge in [0.25, 0.3) is 5.91 Å². The zero-order valence-electron chi connectivity index (χ0n) is 14.5. The predicted octanol–water partition coefficient (Wildman–Crippen LogP) is 2.48. The van der Waals surface area contributed by atoms with Crippen molar-refractivity contribution < 1.29 is 9.90 Å². The Balaban J connectivity index is 2.15. The van der Waals surface area contributed by atoms with E-state index >= 15 is 0 Å². The minimum Gasteiger partial charge on any atom is -0.396 e. The van der Waals surface area contributed by atoms with Gasteiger partial charge in [-0.1, -0.05) is 37.3 Å². The number of aliphatic hydroxyl groups excluding tert-OH is 1. The van der Waals surface area contributed by atoms with E-state index in [4.69, 9.17) is 0 Å². The Labute approximate surface area is 147 Å². The lowest BCUT2D eigenvalue weighted by Gasteiger charge is -2.24. The average Bonchev–Trinajstić information content (AvgIpc) is 3.02. The molecule has 1 amide bonds. The van der Waals surface area contributed by atoms with E-state index < -0.39 is 0 Å². The molecule has 2 rings (SSSR count). The second-order valence-electron chi connectivity index (χ2n) is 6.32. The van der Waals surface area contributed by atoms with Crippen molar-refractivity contribution in [3.63, 3.8) is 0 Å². The van der Waals surface area contributed by atoms with E-state index in [2.05, 4.69) is 4.98 Å². The molecule has 0 unspecified atom stereocenters. The van der Waals surface area contributed by atoms with Gasteiger partial charge in [0, 0.05) is 31.6 Å². The number of benzene rings is 1. The molecule has 0 aliphatic rings. The Morgan fingerprint density at radius 2 is 1.96 bits per heavy atom. The van der Waals surface area contributed by atoms with E-state index in [0.29, 0.717) is 18.8 Å². The van der Waals surface area contributed by atoms with Crippen LogP contribution in [0.3, 0.4) is 0 Å². The number of hydrogen-bond acceptors (Lipinski definition) is 5. The number of rotatable bonds is 8. The summed E-state index contributed by atoms with van der Waals surface area (Å²) >= 11 is 1.50. The first-order valence-electron chi connectivity index (χ1n) is 8.02. The van der Waals surface area contributed by atoms with Crippen LogP contribution < -0.4 is 0 Å². The number of amides is 1. The number of aromatic nitrogens is 1. The Hall–Kier alpha value is -1.76. The summed E-state index contributed by atoms with van der Waals surface area (Å²) in [6, 6.07) is 9.89. The highest BCUT2D eigenvalue weighted by molar-refractivity contribution is 7.09. The molecule has 0 aliphatic carbocycles. The van der Waals surface area contributed by atoms with Crippen LogP contribution in [0.2, 0.25) is 0 Å². The Morgan fingerprint density at radius 3 is 2.58 bits per heavy atom. The summed E-state index contributed by atoms with van der Waals surface area (Å²) in [6.07, 6.45) is 0. The van der Waals surface area contributed by atoms with Gasteiger partial charge in [0.2, 0.25) is 0 Å². The first-order valence-corrected chi connectivity index (χ1v) is 8.90. The van der Waals surface area contributed by atoms with E-state index in [-0.39, 0.29) is 18.4 Å². The molecule has 0 saturated heterocycles. The Morgan fingerprint density at radius 1 is 1.25 bits per heavy atom. The highest BCUT2D eigenvalue weighted by atomic mass is 32.1. The van der Waals surface area contributed by atoms with Gasteiger partial charge in [0.1, 0.15) is 10.7 Å². The first-order chi connectivity index (χ1) is 11.5. The van der Waals surface area contributed by atoms with Gasteiger partial charge < -0.3 is 14.9 Å². The van der Waals surface area contributed by atoms with Crippen LogP contribution in [0.1, 0.15) is 28.0 Å². The molecule has 1 aromatic heterocycles. The summed E-state index contributed by atoms with van der Waals surface area (Å²) in [5, 5.41) is 12.1. The van der Waals surface area contributed by atoms with Gasteiger partial charge >= 0.3 is 0 Å². The molecule has 0 saturated carbocycles. The van der Waals surface area contributed by atoms with Crippen molar-refractivity contribution in [1.29, 1.82) is 0 Å². The monoisotopic (exact) mass is 347 g/mol. The molecule has 1 N–H and O–H groups in total. The zero-order chi connectivity index (χ0) is 17.5. The molecule has 2 aromatic rings. The van der Waals surface area contributed by atoms with Crippen molar-refractivity contribution in [3.8, 4) is 0 Å². The van der Waals surface area contributed by atoms with Crippen molar-refractivity contribution >= 4 is 17.2 Å². The maximum Gasteiger partial charge on any atom is 0.273 e. The van der Waals surface area contributed by atoms with Crippen molar-refractivity contribution in [2.45, 2.75) is 20.0 Å². The van der Waals surface area contributed by atoms with Gasteiger partial charge in [-0.05, 0) is 25.6 Å². The second kappa shape index (κ2) is 8.92. The number of carbonyl (C=O) groups is 1. The lowest BCUT2D eigenvalue weighted by atomic mass is 10.1. The average molecular weight is 347 g/mol. The third-order valence-electron chi connectivity index (χ3n) is 3.57. The summed E-state index contributed by atoms with van der Waals surface area (Å²) in [7, 11) is 3.96. The molecule has 0 spiro atoms. The Kier molecular flexibility index (Phi) is 6.90. The smallest absolute Gasteiger partial charge is 0.273 e. The molecule has 6 heteroatoms. The summed E-state index contributed by atoms with van der Waals surface area (Å²) in [6.45, 7) is 3.74. The topological polar surface area (TPSA) is 56.7 Å². The van der Waals surface area contributed by atoms with E-state index in [0.717, 1.165) is 17.1 Å². The highest BCUT2D eigenvalue weighted by Gasteiger charge is 2.21. The molecule has 0 fully saturated rings. The van der Waals surface area contributed by atoms with Gasteiger partial charge in [0.15, 0.2) is 0 Å². The summed E-state index contributed by atoms with van der Waals surface area (Å²) in [5.41, 5.74) is 1.55. The van der Waals surface area contributed by atoms with Gasteiger partial charge in [-0.2, -0.15) is 0 Å². The third-order valence-corrected chi connectivity index (χ3v) is 4.40. The molecular formula is C18H25N3O2S. The van der Waals surface area contributed by atoms with E-state index in [1.807, 2.05) is 61.6 Å². The van der Waals surface area contributed by atoms with Gasteiger partial charge in [-0.25, -0.2) is 4.98 Å². The molecule has 1 aromatic carbocycles. The maximum atomic E-state index is 12.9. The molecule has 0 bridgehead atoms. The minimum absolute atomic E-state index is 0.0255. The quantitative estimate of drug-likeness (QED) is 0.797. The van der Waals surface area contributed by atoms with E-state index in [9.17, 15) is 9.90 Å². The van der Waals surface area contributed by atoms with Crippen LogP contribution in [0, 0.1) is 5.92 Å². The highest BCUT2D eigenvalue weighted by Crippen LogP contribution is 2.16. The zero-order valence-corrected chi connectivity index (χ0v) is 15.3. The summed E-state index contributed by atoms with van der Waals surface area (Å²) in [5.74, 6) is -0.0575. The van der Waals surface area contributed by atoms with Crippen LogP contribution in [-0.2, 0) is 13.1 Å². The second-order valence-corrected chi connectivity index (χ2v) is 7.27. The molecule has 0 aliphatic heterocycles. The fourth-order valence-corrected chi connectivity index (χ4v) is 3.26. The predicted molar refractivity (Wildman–Crippen MR) is 96.9 cm³/mol. The van der Waals surface area contributed by atoms with Gasteiger partial charge in [0.05, 0.1) is 0 Å². The fraction of sp³-hybridized carbons (Fsp3) is 0.444. The summed E-state index contributed by atoms with van der Waals surface area (Å²) in [4.78, 5) is 21.1. The number of hydrogen-bond donors (Lipinski definition) is 1. The fourth-order valence-electron chi connectivity index (χ4n) is 2.37. The lowest BCUT2D eigenvalue weighted by molar-refractivity contribution is 0.0689. The van der Waals surface area contributed by atoms with Crippen LogP contribution in [0.15, 0.2) is 35.7 Å².